The Morgan fingerprint density at radius 1 is 1.04 bits per heavy atom. The zero-order valence-electron chi connectivity index (χ0n) is 14.8. The van der Waals surface area contributed by atoms with Gasteiger partial charge in [0.1, 0.15) is 6.54 Å². The minimum absolute atomic E-state index is 0.0201. The van der Waals surface area contributed by atoms with Crippen molar-refractivity contribution in [3.05, 3.63) is 71.1 Å². The van der Waals surface area contributed by atoms with E-state index in [-0.39, 0.29) is 12.5 Å². The fourth-order valence-electron chi connectivity index (χ4n) is 3.26. The fourth-order valence-corrected chi connectivity index (χ4v) is 4.41. The lowest BCUT2D eigenvalue weighted by atomic mass is 10.1. The predicted octanol–water partition coefficient (Wildman–Crippen LogP) is 4.49. The van der Waals surface area contributed by atoms with Gasteiger partial charge in [0.25, 0.3) is 5.91 Å². The number of fused-ring (bicyclic) bond motifs is 1. The van der Waals surface area contributed by atoms with Crippen molar-refractivity contribution in [1.82, 2.24) is 4.57 Å². The van der Waals surface area contributed by atoms with Crippen LogP contribution in [0.25, 0.3) is 32.6 Å². The molecule has 0 atom stereocenters. The molecule has 1 amide bonds. The third-order valence-electron chi connectivity index (χ3n) is 4.41. The molecule has 0 spiro atoms. The Labute approximate surface area is 170 Å². The Hall–Kier alpha value is -3.09. The van der Waals surface area contributed by atoms with Crippen LogP contribution in [0.3, 0.4) is 0 Å². The highest BCUT2D eigenvalue weighted by molar-refractivity contribution is 7.17. The highest BCUT2D eigenvalue weighted by Gasteiger charge is 2.17. The first-order valence-electron chi connectivity index (χ1n) is 8.57. The molecule has 4 aromatic rings. The number of hydrogen-bond donors (Lipinski definition) is 2. The van der Waals surface area contributed by atoms with Crippen molar-refractivity contribution >= 4 is 44.9 Å². The standard InChI is InChI=1S/C21H17ClN4OS/c22-14-5-3-4-13(10-14)17-8-9-18(26(17)11-20(27)25-21(23)24)16-12-28-19-7-2-1-6-15(16)19/h1-10,12H,11H2,(H4,23,24,25,27). The van der Waals surface area contributed by atoms with Crippen LogP contribution in [0.4, 0.5) is 0 Å². The fraction of sp³-hybridized carbons (Fsp3) is 0.0476. The summed E-state index contributed by atoms with van der Waals surface area (Å²) in [7, 11) is 0. The minimum atomic E-state index is -0.416. The number of carbonyl (C=O) groups excluding carboxylic acids is 1. The molecule has 5 nitrogen and oxygen atoms in total. The summed E-state index contributed by atoms with van der Waals surface area (Å²) in [6.07, 6.45) is 0. The van der Waals surface area contributed by atoms with Crippen LogP contribution in [0.5, 0.6) is 0 Å². The molecular formula is C21H17ClN4OS. The van der Waals surface area contributed by atoms with Crippen molar-refractivity contribution in [1.29, 1.82) is 0 Å². The van der Waals surface area contributed by atoms with Crippen LogP contribution in [-0.2, 0) is 11.3 Å². The van der Waals surface area contributed by atoms with Crippen LogP contribution < -0.4 is 11.5 Å². The summed E-state index contributed by atoms with van der Waals surface area (Å²) in [5.74, 6) is -0.663. The maximum absolute atomic E-state index is 12.4. The van der Waals surface area contributed by atoms with Gasteiger partial charge in [-0.15, -0.1) is 11.3 Å². The molecule has 0 unspecified atom stereocenters. The van der Waals surface area contributed by atoms with E-state index in [0.29, 0.717) is 5.02 Å². The van der Waals surface area contributed by atoms with E-state index >= 15 is 0 Å². The average Bonchev–Trinajstić information content (AvgIpc) is 3.25. The van der Waals surface area contributed by atoms with E-state index in [1.54, 1.807) is 11.3 Å². The average molecular weight is 409 g/mol. The predicted molar refractivity (Wildman–Crippen MR) is 117 cm³/mol. The molecule has 2 aromatic carbocycles. The first-order valence-corrected chi connectivity index (χ1v) is 9.83. The summed E-state index contributed by atoms with van der Waals surface area (Å²) in [4.78, 5) is 16.0. The van der Waals surface area contributed by atoms with Gasteiger partial charge >= 0.3 is 0 Å². The van der Waals surface area contributed by atoms with E-state index in [0.717, 1.165) is 27.9 Å². The molecule has 2 heterocycles. The van der Waals surface area contributed by atoms with Crippen LogP contribution in [0.1, 0.15) is 0 Å². The van der Waals surface area contributed by atoms with E-state index in [4.69, 9.17) is 23.1 Å². The number of amides is 1. The summed E-state index contributed by atoms with van der Waals surface area (Å²) in [6, 6.07) is 19.7. The van der Waals surface area contributed by atoms with E-state index in [2.05, 4.69) is 22.5 Å². The second-order valence-corrected chi connectivity index (χ2v) is 7.62. The number of rotatable bonds is 4. The molecule has 0 saturated heterocycles. The Morgan fingerprint density at radius 2 is 1.82 bits per heavy atom. The quantitative estimate of drug-likeness (QED) is 0.385. The second-order valence-electron chi connectivity index (χ2n) is 6.28. The van der Waals surface area contributed by atoms with Gasteiger partial charge < -0.3 is 16.0 Å². The number of nitrogens with zero attached hydrogens (tertiary/aromatic N) is 2. The van der Waals surface area contributed by atoms with E-state index in [1.165, 1.54) is 4.70 Å². The normalized spacial score (nSPS) is 10.9. The van der Waals surface area contributed by atoms with Crippen molar-refractivity contribution in [2.45, 2.75) is 6.54 Å². The number of aliphatic imine (C=N–C) groups is 1. The largest absolute Gasteiger partial charge is 0.370 e. The topological polar surface area (TPSA) is 86.4 Å². The monoisotopic (exact) mass is 408 g/mol. The number of nitrogens with two attached hydrogens (primary N) is 2. The van der Waals surface area contributed by atoms with Crippen molar-refractivity contribution in [3.8, 4) is 22.5 Å². The van der Waals surface area contributed by atoms with Gasteiger partial charge in [0, 0.05) is 31.7 Å². The second kappa shape index (κ2) is 7.50. The number of halogens is 1. The molecule has 0 fully saturated rings. The van der Waals surface area contributed by atoms with E-state index in [1.807, 2.05) is 53.1 Å². The number of benzene rings is 2. The molecule has 7 heteroatoms. The van der Waals surface area contributed by atoms with Gasteiger partial charge in [0.2, 0.25) is 0 Å². The molecule has 140 valence electrons. The molecule has 0 radical (unpaired) electrons. The molecule has 0 aliphatic rings. The van der Waals surface area contributed by atoms with Crippen molar-refractivity contribution in [2.75, 3.05) is 0 Å². The summed E-state index contributed by atoms with van der Waals surface area (Å²) in [6.45, 7) is 0.0201. The lowest BCUT2D eigenvalue weighted by molar-refractivity contribution is -0.118. The van der Waals surface area contributed by atoms with Gasteiger partial charge in [-0.25, -0.2) is 0 Å². The number of aromatic nitrogens is 1. The van der Waals surface area contributed by atoms with E-state index in [9.17, 15) is 4.79 Å². The lowest BCUT2D eigenvalue weighted by Gasteiger charge is -2.12. The number of guanidine groups is 1. The molecule has 28 heavy (non-hydrogen) atoms. The SMILES string of the molecule is NC(N)=NC(=O)Cn1c(-c2cccc(Cl)c2)ccc1-c1csc2ccccc12. The number of hydrogen-bond acceptors (Lipinski definition) is 2. The number of carbonyl (C=O) groups is 1. The Bertz CT molecular complexity index is 1200. The van der Waals surface area contributed by atoms with Gasteiger partial charge in [-0.05, 0) is 35.9 Å². The maximum Gasteiger partial charge on any atom is 0.268 e. The number of thiophene rings is 1. The zero-order chi connectivity index (χ0) is 19.7. The summed E-state index contributed by atoms with van der Waals surface area (Å²) < 4.78 is 3.11. The summed E-state index contributed by atoms with van der Waals surface area (Å²) in [5.41, 5.74) is 14.5. The van der Waals surface area contributed by atoms with Gasteiger partial charge in [-0.1, -0.05) is 41.9 Å². The highest BCUT2D eigenvalue weighted by atomic mass is 35.5. The Morgan fingerprint density at radius 3 is 2.61 bits per heavy atom. The van der Waals surface area contributed by atoms with Gasteiger partial charge in [-0.2, -0.15) is 4.99 Å². The molecule has 4 N–H and O–H groups in total. The lowest BCUT2D eigenvalue weighted by Crippen LogP contribution is -2.25. The zero-order valence-corrected chi connectivity index (χ0v) is 16.4. The molecule has 0 bridgehead atoms. The van der Waals surface area contributed by atoms with Crippen LogP contribution >= 0.6 is 22.9 Å². The van der Waals surface area contributed by atoms with Crippen LogP contribution in [0, 0.1) is 0 Å². The maximum atomic E-state index is 12.4. The van der Waals surface area contributed by atoms with E-state index < -0.39 is 5.91 Å². The van der Waals surface area contributed by atoms with Crippen molar-refractivity contribution in [2.24, 2.45) is 16.5 Å². The Balaban J connectivity index is 1.89. The molecule has 0 aliphatic heterocycles. The first-order chi connectivity index (χ1) is 13.5. The van der Waals surface area contributed by atoms with Crippen molar-refractivity contribution < 1.29 is 4.79 Å². The van der Waals surface area contributed by atoms with Crippen LogP contribution in [-0.4, -0.2) is 16.4 Å². The highest BCUT2D eigenvalue weighted by Crippen LogP contribution is 2.37. The third-order valence-corrected chi connectivity index (χ3v) is 5.60. The molecule has 0 aliphatic carbocycles. The Kier molecular flexibility index (Phi) is 4.90. The molecular weight excluding hydrogens is 392 g/mol. The molecule has 0 saturated carbocycles. The molecule has 4 rings (SSSR count). The van der Waals surface area contributed by atoms with Crippen LogP contribution in [0.15, 0.2) is 71.0 Å². The minimum Gasteiger partial charge on any atom is -0.370 e. The third kappa shape index (κ3) is 3.52. The summed E-state index contributed by atoms with van der Waals surface area (Å²) in [5, 5.41) is 3.87. The van der Waals surface area contributed by atoms with Gasteiger partial charge in [-0.3, -0.25) is 4.79 Å². The first kappa shape index (κ1) is 18.3. The van der Waals surface area contributed by atoms with Gasteiger partial charge in [0.05, 0.1) is 5.69 Å². The summed E-state index contributed by atoms with van der Waals surface area (Å²) >= 11 is 7.84. The molecule has 2 aromatic heterocycles. The van der Waals surface area contributed by atoms with Gasteiger partial charge in [0.15, 0.2) is 5.96 Å². The van der Waals surface area contributed by atoms with Crippen molar-refractivity contribution in [3.63, 3.8) is 0 Å². The smallest absolute Gasteiger partial charge is 0.268 e. The van der Waals surface area contributed by atoms with Crippen LogP contribution in [0.2, 0.25) is 5.02 Å².